The molecule has 0 unspecified atom stereocenters. The lowest BCUT2D eigenvalue weighted by Crippen LogP contribution is -1.88. The van der Waals surface area contributed by atoms with E-state index in [1.165, 1.54) is 0 Å². The van der Waals surface area contributed by atoms with Gasteiger partial charge in [-0.25, -0.2) is 4.98 Å². The van der Waals surface area contributed by atoms with Crippen LogP contribution in [-0.2, 0) is 6.42 Å². The maximum absolute atomic E-state index is 5.72. The van der Waals surface area contributed by atoms with E-state index >= 15 is 0 Å². The highest BCUT2D eigenvalue weighted by Gasteiger charge is 2.10. The van der Waals surface area contributed by atoms with Crippen LogP contribution in [0.4, 0.5) is 0 Å². The van der Waals surface area contributed by atoms with Crippen LogP contribution in [-0.4, -0.2) is 10.3 Å². The van der Waals surface area contributed by atoms with Gasteiger partial charge in [-0.05, 0) is 31.9 Å². The van der Waals surface area contributed by atoms with Gasteiger partial charge in [0.05, 0.1) is 11.0 Å². The largest absolute Gasteiger partial charge is 0.441 e. The summed E-state index contributed by atoms with van der Waals surface area (Å²) in [5.41, 5.74) is 2.07. The molecule has 1 heterocycles. The Bertz CT molecular complexity index is 578. The van der Waals surface area contributed by atoms with E-state index in [9.17, 15) is 0 Å². The van der Waals surface area contributed by atoms with Crippen LogP contribution in [0.1, 0.15) is 24.3 Å². The minimum Gasteiger partial charge on any atom is -0.441 e. The Kier molecular flexibility index (Phi) is 5.23. The molecular formula is C16H16BrNO. The third-order valence-corrected chi connectivity index (χ3v) is 3.10. The van der Waals surface area contributed by atoms with Crippen molar-refractivity contribution in [2.75, 3.05) is 5.33 Å². The first kappa shape index (κ1) is 13.9. The second kappa shape index (κ2) is 7.16. The van der Waals surface area contributed by atoms with E-state index in [1.54, 1.807) is 0 Å². The van der Waals surface area contributed by atoms with Crippen molar-refractivity contribution in [1.29, 1.82) is 0 Å². The number of rotatable bonds is 4. The molecule has 2 rings (SSSR count). The Morgan fingerprint density at radius 3 is 2.74 bits per heavy atom. The second-order valence-electron chi connectivity index (χ2n) is 4.23. The molecule has 2 nitrogen and oxygen atoms in total. The highest BCUT2D eigenvalue weighted by Crippen LogP contribution is 2.22. The van der Waals surface area contributed by atoms with Crippen LogP contribution in [0.25, 0.3) is 11.5 Å². The first-order valence-corrected chi connectivity index (χ1v) is 7.47. The average Bonchev–Trinajstić information content (AvgIpc) is 2.81. The van der Waals surface area contributed by atoms with E-state index in [2.05, 4.69) is 32.8 Å². The first-order chi connectivity index (χ1) is 9.31. The fraction of sp³-hybridized carbons (Fsp3) is 0.312. The van der Waals surface area contributed by atoms with Gasteiger partial charge in [-0.2, -0.15) is 0 Å². The zero-order valence-electron chi connectivity index (χ0n) is 10.9. The first-order valence-electron chi connectivity index (χ1n) is 6.34. The molecule has 0 N–H and O–H groups in total. The van der Waals surface area contributed by atoms with Crippen LogP contribution in [0.2, 0.25) is 0 Å². The van der Waals surface area contributed by atoms with Crippen LogP contribution < -0.4 is 0 Å². The van der Waals surface area contributed by atoms with Crippen molar-refractivity contribution in [2.24, 2.45) is 0 Å². The van der Waals surface area contributed by atoms with Crippen LogP contribution in [0.5, 0.6) is 0 Å². The van der Waals surface area contributed by atoms with Gasteiger partial charge in [0.2, 0.25) is 5.89 Å². The summed E-state index contributed by atoms with van der Waals surface area (Å²) in [6.07, 6.45) is 2.83. The molecule has 0 aliphatic heterocycles. The zero-order chi connectivity index (χ0) is 13.5. The predicted octanol–water partition coefficient (Wildman–Crippen LogP) is 4.37. The summed E-state index contributed by atoms with van der Waals surface area (Å²) in [6.45, 7) is 1.97. The second-order valence-corrected chi connectivity index (χ2v) is 4.79. The number of aromatic nitrogens is 1. The number of alkyl halides is 1. The Balaban J connectivity index is 2.01. The average molecular weight is 318 g/mol. The normalized spacial score (nSPS) is 10.0. The van der Waals surface area contributed by atoms with Gasteiger partial charge >= 0.3 is 0 Å². The fourth-order valence-corrected chi connectivity index (χ4v) is 2.04. The minimum atomic E-state index is 0.708. The Morgan fingerprint density at radius 1 is 1.21 bits per heavy atom. The lowest BCUT2D eigenvalue weighted by molar-refractivity contribution is 0.538. The maximum atomic E-state index is 5.72. The van der Waals surface area contributed by atoms with Gasteiger partial charge in [0.1, 0.15) is 5.76 Å². The molecule has 0 atom stereocenters. The number of hydrogen-bond acceptors (Lipinski definition) is 2. The third kappa shape index (κ3) is 3.97. The molecule has 1 aromatic heterocycles. The summed E-state index contributed by atoms with van der Waals surface area (Å²) in [7, 11) is 0. The van der Waals surface area contributed by atoms with Crippen LogP contribution in [0, 0.1) is 18.8 Å². The molecular weight excluding hydrogens is 302 g/mol. The van der Waals surface area contributed by atoms with Gasteiger partial charge in [-0.15, -0.1) is 5.92 Å². The SMILES string of the molecule is Cc1oc(-c2ccccc2)nc1CCCC#CCBr. The number of unbranched alkanes of at least 4 members (excludes halogenated alkanes) is 1. The van der Waals surface area contributed by atoms with Crippen LogP contribution in [0.3, 0.4) is 0 Å². The number of halogens is 1. The highest BCUT2D eigenvalue weighted by atomic mass is 79.9. The number of benzene rings is 1. The third-order valence-electron chi connectivity index (χ3n) is 2.82. The topological polar surface area (TPSA) is 26.0 Å². The fourth-order valence-electron chi connectivity index (χ4n) is 1.84. The molecule has 0 spiro atoms. The van der Waals surface area contributed by atoms with Crippen LogP contribution in [0.15, 0.2) is 34.7 Å². The van der Waals surface area contributed by atoms with E-state index in [-0.39, 0.29) is 0 Å². The van der Waals surface area contributed by atoms with Crippen molar-refractivity contribution < 1.29 is 4.42 Å². The number of hydrogen-bond donors (Lipinski definition) is 0. The summed E-state index contributed by atoms with van der Waals surface area (Å²) >= 11 is 3.29. The molecule has 2 aromatic rings. The number of aryl methyl sites for hydroxylation is 2. The zero-order valence-corrected chi connectivity index (χ0v) is 12.5. The molecule has 0 aliphatic rings. The van der Waals surface area contributed by atoms with E-state index < -0.39 is 0 Å². The molecule has 0 bridgehead atoms. The quantitative estimate of drug-likeness (QED) is 0.475. The molecule has 1 aromatic carbocycles. The van der Waals surface area contributed by atoms with Crippen molar-refractivity contribution >= 4 is 15.9 Å². The summed E-state index contributed by atoms with van der Waals surface area (Å²) in [4.78, 5) is 4.57. The number of oxazole rings is 1. The van der Waals surface area contributed by atoms with Gasteiger partial charge in [0.25, 0.3) is 0 Å². The molecule has 0 saturated carbocycles. The van der Waals surface area contributed by atoms with E-state index in [1.807, 2.05) is 37.3 Å². The summed E-state index contributed by atoms with van der Waals surface area (Å²) in [5.74, 6) is 7.73. The van der Waals surface area contributed by atoms with Gasteiger partial charge < -0.3 is 4.42 Å². The molecule has 0 radical (unpaired) electrons. The Labute approximate surface area is 122 Å². The highest BCUT2D eigenvalue weighted by molar-refractivity contribution is 9.09. The Morgan fingerprint density at radius 2 is 2.00 bits per heavy atom. The molecule has 0 saturated heterocycles. The van der Waals surface area contributed by atoms with Crippen molar-refractivity contribution in [3.63, 3.8) is 0 Å². The van der Waals surface area contributed by atoms with E-state index in [0.29, 0.717) is 5.89 Å². The lowest BCUT2D eigenvalue weighted by Gasteiger charge is -1.93. The molecule has 19 heavy (non-hydrogen) atoms. The summed E-state index contributed by atoms with van der Waals surface area (Å²) in [6, 6.07) is 9.99. The van der Waals surface area contributed by atoms with Crippen molar-refractivity contribution in [2.45, 2.75) is 26.2 Å². The standard InChI is InChI=1S/C16H16BrNO/c1-13-15(11-7-2-3-8-12-17)18-16(19-13)14-9-5-4-6-10-14/h4-6,9-10H,2,7,11-12H2,1H3. The Hall–Kier alpha value is -1.53. The molecule has 98 valence electrons. The monoisotopic (exact) mass is 317 g/mol. The predicted molar refractivity (Wildman–Crippen MR) is 81.2 cm³/mol. The van der Waals surface area contributed by atoms with E-state index in [4.69, 9.17) is 4.42 Å². The lowest BCUT2D eigenvalue weighted by atomic mass is 10.2. The van der Waals surface area contributed by atoms with Gasteiger partial charge in [0, 0.05) is 12.0 Å². The molecule has 0 aliphatic carbocycles. The number of nitrogens with zero attached hydrogens (tertiary/aromatic N) is 1. The van der Waals surface area contributed by atoms with Crippen LogP contribution >= 0.6 is 15.9 Å². The smallest absolute Gasteiger partial charge is 0.226 e. The van der Waals surface area contributed by atoms with Gasteiger partial charge in [0.15, 0.2) is 0 Å². The molecule has 0 amide bonds. The summed E-state index contributed by atoms with van der Waals surface area (Å²) in [5, 5.41) is 0.744. The van der Waals surface area contributed by atoms with E-state index in [0.717, 1.165) is 41.6 Å². The van der Waals surface area contributed by atoms with Crippen molar-refractivity contribution in [3.8, 4) is 23.3 Å². The molecule has 0 fully saturated rings. The summed E-state index contributed by atoms with van der Waals surface area (Å²) < 4.78 is 5.72. The maximum Gasteiger partial charge on any atom is 0.226 e. The van der Waals surface area contributed by atoms with Gasteiger partial charge in [-0.1, -0.05) is 40.0 Å². The van der Waals surface area contributed by atoms with Gasteiger partial charge in [-0.3, -0.25) is 0 Å². The molecule has 3 heteroatoms. The van der Waals surface area contributed by atoms with Crippen molar-refractivity contribution in [3.05, 3.63) is 41.8 Å². The minimum absolute atomic E-state index is 0.708. The van der Waals surface area contributed by atoms with Crippen molar-refractivity contribution in [1.82, 2.24) is 4.98 Å².